The summed E-state index contributed by atoms with van der Waals surface area (Å²) < 4.78 is 0. The highest BCUT2D eigenvalue weighted by Gasteiger charge is 2.09. The SMILES string of the molecule is N/C=C(/C=C(\S)c1ccccc1)C(=O)NCC(=O)O. The summed E-state index contributed by atoms with van der Waals surface area (Å²) in [6, 6.07) is 9.22. The van der Waals surface area contributed by atoms with Crippen molar-refractivity contribution >= 4 is 29.4 Å². The molecular formula is C13H14N2O3S. The third kappa shape index (κ3) is 4.89. The highest BCUT2D eigenvalue weighted by atomic mass is 32.1. The third-order valence-electron chi connectivity index (χ3n) is 2.20. The molecule has 0 aliphatic carbocycles. The first kappa shape index (κ1) is 14.8. The molecule has 0 saturated carbocycles. The van der Waals surface area contributed by atoms with Crippen molar-refractivity contribution in [1.82, 2.24) is 5.32 Å². The lowest BCUT2D eigenvalue weighted by Gasteiger charge is -2.05. The number of hydrogen-bond donors (Lipinski definition) is 4. The van der Waals surface area contributed by atoms with Crippen molar-refractivity contribution in [3.63, 3.8) is 0 Å². The highest BCUT2D eigenvalue weighted by molar-refractivity contribution is 7.90. The Labute approximate surface area is 116 Å². The van der Waals surface area contributed by atoms with Crippen molar-refractivity contribution in [3.8, 4) is 0 Å². The van der Waals surface area contributed by atoms with Crippen molar-refractivity contribution < 1.29 is 14.7 Å². The fourth-order valence-electron chi connectivity index (χ4n) is 1.29. The molecule has 1 rings (SSSR count). The van der Waals surface area contributed by atoms with Gasteiger partial charge in [-0.05, 0) is 11.6 Å². The van der Waals surface area contributed by atoms with Crippen LogP contribution in [-0.2, 0) is 9.59 Å². The monoisotopic (exact) mass is 278 g/mol. The van der Waals surface area contributed by atoms with Gasteiger partial charge in [0.15, 0.2) is 0 Å². The van der Waals surface area contributed by atoms with Crippen molar-refractivity contribution in [3.05, 3.63) is 53.7 Å². The van der Waals surface area contributed by atoms with Crippen molar-refractivity contribution in [1.29, 1.82) is 0 Å². The summed E-state index contributed by atoms with van der Waals surface area (Å²) in [4.78, 5) is 22.6. The maximum atomic E-state index is 11.6. The minimum absolute atomic E-state index is 0.148. The topological polar surface area (TPSA) is 92.4 Å². The number of carboxylic acids is 1. The van der Waals surface area contributed by atoms with E-state index in [9.17, 15) is 9.59 Å². The number of nitrogens with one attached hydrogen (secondary N) is 1. The molecule has 1 aromatic rings. The van der Waals surface area contributed by atoms with E-state index in [-0.39, 0.29) is 5.57 Å². The zero-order chi connectivity index (χ0) is 14.3. The molecule has 0 aliphatic rings. The standard InChI is InChI=1S/C13H14N2O3S/c14-7-10(13(18)15-8-12(16)17)6-11(19)9-4-2-1-3-5-9/h1-7,19H,8,14H2,(H,15,18)(H,16,17)/b10-7-,11-6-. The summed E-state index contributed by atoms with van der Waals surface area (Å²) in [5.74, 6) is -1.68. The number of amides is 1. The molecule has 4 N–H and O–H groups in total. The van der Waals surface area contributed by atoms with Crippen LogP contribution >= 0.6 is 12.6 Å². The molecule has 0 aliphatic heterocycles. The van der Waals surface area contributed by atoms with Crippen LogP contribution in [0.1, 0.15) is 5.56 Å². The average Bonchev–Trinajstić information content (AvgIpc) is 2.42. The number of carbonyl (C=O) groups excluding carboxylic acids is 1. The first-order valence-corrected chi connectivity index (χ1v) is 5.87. The number of carboxylic acid groups (broad SMARTS) is 1. The fourth-order valence-corrected chi connectivity index (χ4v) is 1.57. The summed E-state index contributed by atoms with van der Waals surface area (Å²) in [6.07, 6.45) is 2.59. The molecule has 0 aromatic heterocycles. The summed E-state index contributed by atoms with van der Waals surface area (Å²) in [6.45, 7) is -0.461. The quantitative estimate of drug-likeness (QED) is 0.367. The molecular weight excluding hydrogens is 264 g/mol. The molecule has 0 radical (unpaired) electrons. The van der Waals surface area contributed by atoms with Crippen LogP contribution in [0.5, 0.6) is 0 Å². The Balaban J connectivity index is 2.82. The lowest BCUT2D eigenvalue weighted by Crippen LogP contribution is -2.30. The molecule has 0 heterocycles. The van der Waals surface area contributed by atoms with Gasteiger partial charge in [0.2, 0.25) is 0 Å². The van der Waals surface area contributed by atoms with E-state index in [1.165, 1.54) is 6.08 Å². The Bertz CT molecular complexity index is 524. The zero-order valence-corrected chi connectivity index (χ0v) is 10.9. The van der Waals surface area contributed by atoms with Gasteiger partial charge < -0.3 is 16.2 Å². The van der Waals surface area contributed by atoms with Crippen LogP contribution in [0.2, 0.25) is 0 Å². The number of aliphatic carboxylic acids is 1. The van der Waals surface area contributed by atoms with Gasteiger partial charge in [0.1, 0.15) is 6.54 Å². The van der Waals surface area contributed by atoms with Gasteiger partial charge >= 0.3 is 5.97 Å². The zero-order valence-electron chi connectivity index (χ0n) is 10.0. The molecule has 0 bridgehead atoms. The molecule has 19 heavy (non-hydrogen) atoms. The first-order valence-electron chi connectivity index (χ1n) is 5.42. The van der Waals surface area contributed by atoms with E-state index in [1.807, 2.05) is 30.3 Å². The maximum absolute atomic E-state index is 11.6. The number of hydrogen-bond acceptors (Lipinski definition) is 4. The number of benzene rings is 1. The first-order chi connectivity index (χ1) is 9.04. The van der Waals surface area contributed by atoms with Gasteiger partial charge in [-0.25, -0.2) is 0 Å². The number of rotatable bonds is 5. The normalized spacial score (nSPS) is 12.1. The molecule has 0 spiro atoms. The van der Waals surface area contributed by atoms with Crippen molar-refractivity contribution in [2.24, 2.45) is 5.73 Å². The van der Waals surface area contributed by atoms with Crippen LogP contribution in [0.3, 0.4) is 0 Å². The molecule has 100 valence electrons. The van der Waals surface area contributed by atoms with E-state index in [0.29, 0.717) is 4.91 Å². The Morgan fingerprint density at radius 1 is 1.32 bits per heavy atom. The van der Waals surface area contributed by atoms with Gasteiger partial charge in [-0.2, -0.15) is 0 Å². The third-order valence-corrected chi connectivity index (χ3v) is 2.59. The predicted molar refractivity (Wildman–Crippen MR) is 76.3 cm³/mol. The minimum atomic E-state index is -1.12. The van der Waals surface area contributed by atoms with Crippen molar-refractivity contribution in [2.45, 2.75) is 0 Å². The summed E-state index contributed by atoms with van der Waals surface area (Å²) in [5.41, 5.74) is 6.34. The van der Waals surface area contributed by atoms with Crippen LogP contribution < -0.4 is 11.1 Å². The summed E-state index contributed by atoms with van der Waals surface area (Å²) >= 11 is 4.28. The van der Waals surface area contributed by atoms with Crippen LogP contribution in [0.25, 0.3) is 4.91 Å². The largest absolute Gasteiger partial charge is 0.480 e. The minimum Gasteiger partial charge on any atom is -0.480 e. The Morgan fingerprint density at radius 3 is 2.47 bits per heavy atom. The smallest absolute Gasteiger partial charge is 0.322 e. The van der Waals surface area contributed by atoms with Crippen LogP contribution in [0, 0.1) is 0 Å². The van der Waals surface area contributed by atoms with E-state index < -0.39 is 18.4 Å². The van der Waals surface area contributed by atoms with Gasteiger partial charge in [0, 0.05) is 11.1 Å². The molecule has 1 aromatic carbocycles. The lowest BCUT2D eigenvalue weighted by molar-refractivity contribution is -0.137. The van der Waals surface area contributed by atoms with Gasteiger partial charge in [0.05, 0.1) is 5.57 Å². The summed E-state index contributed by atoms with van der Waals surface area (Å²) in [7, 11) is 0. The molecule has 0 fully saturated rings. The second kappa shape index (κ2) is 7.27. The predicted octanol–water partition coefficient (Wildman–Crippen LogP) is 1.00. The Hall–Kier alpha value is -2.21. The summed E-state index contributed by atoms with van der Waals surface area (Å²) in [5, 5.41) is 10.7. The second-order valence-electron chi connectivity index (χ2n) is 3.59. The number of carbonyl (C=O) groups is 2. The molecule has 6 heteroatoms. The van der Waals surface area contributed by atoms with Crippen LogP contribution in [0.15, 0.2) is 48.2 Å². The fraction of sp³-hybridized carbons (Fsp3) is 0.0769. The highest BCUT2D eigenvalue weighted by Crippen LogP contribution is 2.19. The Morgan fingerprint density at radius 2 is 1.95 bits per heavy atom. The van der Waals surface area contributed by atoms with E-state index >= 15 is 0 Å². The average molecular weight is 278 g/mol. The maximum Gasteiger partial charge on any atom is 0.322 e. The molecule has 0 atom stereocenters. The number of nitrogens with two attached hydrogens (primary N) is 1. The van der Waals surface area contributed by atoms with Crippen LogP contribution in [0.4, 0.5) is 0 Å². The van der Waals surface area contributed by atoms with Gasteiger partial charge in [-0.15, -0.1) is 12.6 Å². The van der Waals surface area contributed by atoms with E-state index in [0.717, 1.165) is 11.8 Å². The molecule has 1 amide bonds. The van der Waals surface area contributed by atoms with E-state index in [4.69, 9.17) is 10.8 Å². The lowest BCUT2D eigenvalue weighted by atomic mass is 10.1. The van der Waals surface area contributed by atoms with Crippen molar-refractivity contribution in [2.75, 3.05) is 6.54 Å². The molecule has 0 saturated heterocycles. The number of thiol groups is 1. The molecule has 5 nitrogen and oxygen atoms in total. The Kier molecular flexibility index (Phi) is 5.69. The van der Waals surface area contributed by atoms with Gasteiger partial charge in [-0.3, -0.25) is 9.59 Å². The van der Waals surface area contributed by atoms with E-state index in [1.54, 1.807) is 0 Å². The molecule has 0 unspecified atom stereocenters. The second-order valence-corrected chi connectivity index (χ2v) is 4.08. The van der Waals surface area contributed by atoms with E-state index in [2.05, 4.69) is 17.9 Å². The van der Waals surface area contributed by atoms with Gasteiger partial charge in [-0.1, -0.05) is 30.3 Å². The van der Waals surface area contributed by atoms with Gasteiger partial charge in [0.25, 0.3) is 5.91 Å². The van der Waals surface area contributed by atoms with Crippen LogP contribution in [-0.4, -0.2) is 23.5 Å².